The second-order valence-corrected chi connectivity index (χ2v) is 6.75. The van der Waals surface area contributed by atoms with Crippen molar-refractivity contribution in [2.45, 2.75) is 44.0 Å². The largest absolute Gasteiger partial charge is 0.469 e. The van der Waals surface area contributed by atoms with Gasteiger partial charge in [-0.25, -0.2) is 4.79 Å². The first-order valence-corrected chi connectivity index (χ1v) is 8.99. The number of carbonyl (C=O) groups excluding carboxylic acids is 1. The standard InChI is InChI=1S/C20H19F4NO4/c1-27-19(26)20(29-16-14(21)17(23)25-18(24)15(16)22)9-5-8-13(10-20)28-11-12-6-3-2-4-7-12/h2-4,6-7,13H,5,8-11H2,1H3. The molecule has 0 bridgehead atoms. The highest BCUT2D eigenvalue weighted by atomic mass is 19.2. The highest BCUT2D eigenvalue weighted by Crippen LogP contribution is 2.38. The molecule has 1 aromatic heterocycles. The number of nitrogens with zero attached hydrogens (tertiary/aromatic N) is 1. The monoisotopic (exact) mass is 413 g/mol. The van der Waals surface area contributed by atoms with Crippen LogP contribution in [-0.2, 0) is 20.9 Å². The van der Waals surface area contributed by atoms with Crippen LogP contribution in [0.15, 0.2) is 30.3 Å². The molecule has 1 saturated carbocycles. The normalized spacial score (nSPS) is 21.6. The Balaban J connectivity index is 1.84. The fourth-order valence-electron chi connectivity index (χ4n) is 3.38. The Morgan fingerprint density at radius 3 is 2.41 bits per heavy atom. The van der Waals surface area contributed by atoms with Gasteiger partial charge in [-0.05, 0) is 24.8 Å². The van der Waals surface area contributed by atoms with Crippen molar-refractivity contribution in [2.75, 3.05) is 7.11 Å². The molecule has 156 valence electrons. The Morgan fingerprint density at radius 2 is 1.79 bits per heavy atom. The number of hydrogen-bond donors (Lipinski definition) is 0. The van der Waals surface area contributed by atoms with Crippen molar-refractivity contribution in [1.29, 1.82) is 0 Å². The maximum absolute atomic E-state index is 14.0. The first kappa shape index (κ1) is 21.0. The molecule has 0 saturated heterocycles. The molecule has 2 unspecified atom stereocenters. The summed E-state index contributed by atoms with van der Waals surface area (Å²) in [6.45, 7) is 0.254. The Hall–Kier alpha value is -2.68. The first-order valence-electron chi connectivity index (χ1n) is 8.99. The maximum atomic E-state index is 14.0. The molecule has 0 aliphatic heterocycles. The topological polar surface area (TPSA) is 57.7 Å². The van der Waals surface area contributed by atoms with Gasteiger partial charge in [-0.2, -0.15) is 22.5 Å². The van der Waals surface area contributed by atoms with Crippen LogP contribution in [0.3, 0.4) is 0 Å². The van der Waals surface area contributed by atoms with E-state index in [9.17, 15) is 22.4 Å². The predicted molar refractivity (Wildman–Crippen MR) is 92.9 cm³/mol. The third kappa shape index (κ3) is 4.50. The number of aromatic nitrogens is 1. The predicted octanol–water partition coefficient (Wildman–Crippen LogP) is 4.09. The van der Waals surface area contributed by atoms with Crippen molar-refractivity contribution in [3.05, 3.63) is 59.4 Å². The molecule has 1 aromatic carbocycles. The molecule has 1 aliphatic carbocycles. The minimum Gasteiger partial charge on any atom is -0.469 e. The van der Waals surface area contributed by atoms with Crippen LogP contribution in [0.5, 0.6) is 5.75 Å². The van der Waals surface area contributed by atoms with E-state index in [1.54, 1.807) is 0 Å². The third-order valence-corrected chi connectivity index (χ3v) is 4.80. The second-order valence-electron chi connectivity index (χ2n) is 6.75. The summed E-state index contributed by atoms with van der Waals surface area (Å²) in [7, 11) is 1.09. The molecule has 5 nitrogen and oxygen atoms in total. The van der Waals surface area contributed by atoms with E-state index < -0.39 is 47.0 Å². The van der Waals surface area contributed by atoms with Gasteiger partial charge in [-0.15, -0.1) is 0 Å². The van der Waals surface area contributed by atoms with Gasteiger partial charge >= 0.3 is 5.97 Å². The molecule has 1 heterocycles. The lowest BCUT2D eigenvalue weighted by Gasteiger charge is -2.38. The fourth-order valence-corrected chi connectivity index (χ4v) is 3.38. The van der Waals surface area contributed by atoms with E-state index in [1.165, 1.54) is 0 Å². The molecular weight excluding hydrogens is 394 g/mol. The number of ether oxygens (including phenoxy) is 3. The maximum Gasteiger partial charge on any atom is 0.350 e. The molecule has 0 amide bonds. The van der Waals surface area contributed by atoms with Crippen LogP contribution >= 0.6 is 0 Å². The summed E-state index contributed by atoms with van der Waals surface area (Å²) < 4.78 is 70.9. The molecule has 9 heteroatoms. The van der Waals surface area contributed by atoms with Gasteiger partial charge in [0.1, 0.15) is 0 Å². The lowest BCUT2D eigenvalue weighted by molar-refractivity contribution is -0.168. The van der Waals surface area contributed by atoms with E-state index in [0.717, 1.165) is 12.7 Å². The Bertz CT molecular complexity index is 854. The molecule has 1 aliphatic rings. The number of rotatable bonds is 6. The molecule has 29 heavy (non-hydrogen) atoms. The van der Waals surface area contributed by atoms with Crippen LogP contribution in [-0.4, -0.2) is 29.8 Å². The summed E-state index contributed by atoms with van der Waals surface area (Å²) in [5.74, 6) is -9.64. The fraction of sp³-hybridized carbons (Fsp3) is 0.400. The summed E-state index contributed by atoms with van der Waals surface area (Å²) in [5.41, 5.74) is -0.950. The van der Waals surface area contributed by atoms with Crippen molar-refractivity contribution < 1.29 is 36.6 Å². The van der Waals surface area contributed by atoms with Gasteiger partial charge in [0.25, 0.3) is 11.9 Å². The van der Waals surface area contributed by atoms with Gasteiger partial charge in [0, 0.05) is 6.42 Å². The lowest BCUT2D eigenvalue weighted by atomic mass is 9.82. The number of methoxy groups -OCH3 is 1. The SMILES string of the molecule is COC(=O)C1(Oc2c(F)c(F)nc(F)c2F)CCCC(OCc2ccccc2)C1. The highest BCUT2D eigenvalue weighted by Gasteiger charge is 2.48. The van der Waals surface area contributed by atoms with Crippen LogP contribution < -0.4 is 4.74 Å². The van der Waals surface area contributed by atoms with Crippen molar-refractivity contribution in [3.8, 4) is 5.75 Å². The quantitative estimate of drug-likeness (QED) is 0.406. The molecular formula is C20H19F4NO4. The number of pyridine rings is 1. The number of carbonyl (C=O) groups is 1. The van der Waals surface area contributed by atoms with Gasteiger partial charge in [-0.3, -0.25) is 0 Å². The number of esters is 1. The lowest BCUT2D eigenvalue weighted by Crippen LogP contribution is -2.51. The van der Waals surface area contributed by atoms with Gasteiger partial charge in [0.15, 0.2) is 0 Å². The van der Waals surface area contributed by atoms with E-state index in [4.69, 9.17) is 14.2 Å². The van der Waals surface area contributed by atoms with E-state index >= 15 is 0 Å². The van der Waals surface area contributed by atoms with Crippen molar-refractivity contribution in [3.63, 3.8) is 0 Å². The Kier molecular flexibility index (Phi) is 6.36. The first-order chi connectivity index (χ1) is 13.9. The van der Waals surface area contributed by atoms with E-state index in [2.05, 4.69) is 4.98 Å². The molecule has 0 radical (unpaired) electrons. The Labute approximate surface area is 164 Å². The van der Waals surface area contributed by atoms with Crippen molar-refractivity contribution >= 4 is 5.97 Å². The second kappa shape index (κ2) is 8.77. The molecule has 1 fully saturated rings. The summed E-state index contributed by atoms with van der Waals surface area (Å²) in [6, 6.07) is 9.27. The minimum absolute atomic E-state index is 0.0370. The van der Waals surface area contributed by atoms with Crippen LogP contribution in [0.25, 0.3) is 0 Å². The average molecular weight is 413 g/mol. The minimum atomic E-state index is -1.87. The van der Waals surface area contributed by atoms with Gasteiger partial charge < -0.3 is 14.2 Å². The summed E-state index contributed by atoms with van der Waals surface area (Å²) >= 11 is 0. The van der Waals surface area contributed by atoms with Crippen LogP contribution in [0.4, 0.5) is 17.6 Å². The molecule has 2 atom stereocenters. The number of halogens is 4. The van der Waals surface area contributed by atoms with Gasteiger partial charge in [-0.1, -0.05) is 30.3 Å². The number of benzene rings is 1. The summed E-state index contributed by atoms with van der Waals surface area (Å²) in [5, 5.41) is 0. The molecule has 2 aromatic rings. The highest BCUT2D eigenvalue weighted by molar-refractivity contribution is 5.80. The van der Waals surface area contributed by atoms with Crippen molar-refractivity contribution in [1.82, 2.24) is 4.98 Å². The average Bonchev–Trinajstić information content (AvgIpc) is 2.74. The zero-order chi connectivity index (χ0) is 21.0. The zero-order valence-corrected chi connectivity index (χ0v) is 15.6. The van der Waals surface area contributed by atoms with Crippen LogP contribution in [0.2, 0.25) is 0 Å². The van der Waals surface area contributed by atoms with Gasteiger partial charge in [0.05, 0.1) is 19.8 Å². The van der Waals surface area contributed by atoms with E-state index in [-0.39, 0.29) is 19.4 Å². The van der Waals surface area contributed by atoms with E-state index in [0.29, 0.717) is 12.8 Å². The van der Waals surface area contributed by atoms with E-state index in [1.807, 2.05) is 30.3 Å². The zero-order valence-electron chi connectivity index (χ0n) is 15.6. The smallest absolute Gasteiger partial charge is 0.350 e. The number of hydrogen-bond acceptors (Lipinski definition) is 5. The third-order valence-electron chi connectivity index (χ3n) is 4.80. The Morgan fingerprint density at radius 1 is 1.14 bits per heavy atom. The van der Waals surface area contributed by atoms with Gasteiger partial charge in [0.2, 0.25) is 23.0 Å². The molecule has 0 spiro atoms. The van der Waals surface area contributed by atoms with Crippen molar-refractivity contribution in [2.24, 2.45) is 0 Å². The molecule has 0 N–H and O–H groups in total. The molecule has 3 rings (SSSR count). The van der Waals surface area contributed by atoms with Crippen LogP contribution in [0, 0.1) is 23.5 Å². The summed E-state index contributed by atoms with van der Waals surface area (Å²) in [6.07, 6.45) is 0.421. The summed E-state index contributed by atoms with van der Waals surface area (Å²) in [4.78, 5) is 14.9. The van der Waals surface area contributed by atoms with Crippen LogP contribution in [0.1, 0.15) is 31.2 Å².